The average Bonchev–Trinajstić information content (AvgIpc) is 2.87. The topological polar surface area (TPSA) is 9.23 Å². The highest BCUT2D eigenvalue weighted by Crippen LogP contribution is 2.46. The number of hydrogen-bond donors (Lipinski definition) is 0. The van der Waals surface area contributed by atoms with Crippen molar-refractivity contribution < 1.29 is 26.7 Å². The second kappa shape index (κ2) is 13.0. The molecule has 1 aromatic carbocycles. The fourth-order valence-corrected chi connectivity index (χ4v) is 7.47. The molecule has 1 nitrogen and oxygen atoms in total. The van der Waals surface area contributed by atoms with Crippen LogP contribution in [0.25, 0.3) is 6.08 Å². The predicted molar refractivity (Wildman–Crippen MR) is 138 cm³/mol. The van der Waals surface area contributed by atoms with Gasteiger partial charge in [-0.15, -0.1) is 0 Å². The van der Waals surface area contributed by atoms with Gasteiger partial charge in [0.25, 0.3) is 0 Å². The molecule has 3 aliphatic rings. The van der Waals surface area contributed by atoms with Crippen molar-refractivity contribution in [2.75, 3.05) is 6.61 Å². The number of hydrogen-bond acceptors (Lipinski definition) is 1. The van der Waals surface area contributed by atoms with Crippen molar-refractivity contribution in [3.05, 3.63) is 35.4 Å². The highest BCUT2D eigenvalue weighted by Gasteiger charge is 2.34. The lowest BCUT2D eigenvalue weighted by Gasteiger charge is -2.41. The molecule has 3 saturated carbocycles. The van der Waals surface area contributed by atoms with Gasteiger partial charge < -0.3 is 4.74 Å². The quantitative estimate of drug-likeness (QED) is 0.306. The van der Waals surface area contributed by atoms with Crippen molar-refractivity contribution in [2.45, 2.75) is 103 Å². The minimum atomic E-state index is -4.63. The zero-order valence-corrected chi connectivity index (χ0v) is 22.2. The first-order valence-corrected chi connectivity index (χ1v) is 14.6. The van der Waals surface area contributed by atoms with E-state index in [4.69, 9.17) is 4.74 Å². The first kappa shape index (κ1) is 28.4. The average molecular weight is 527 g/mol. The molecule has 37 heavy (non-hydrogen) atoms. The molecule has 0 unspecified atom stereocenters. The number of allylic oxidation sites excluding steroid dienone is 1. The van der Waals surface area contributed by atoms with Gasteiger partial charge in [-0.2, -0.15) is 13.2 Å². The Morgan fingerprint density at radius 3 is 1.59 bits per heavy atom. The van der Waals surface area contributed by atoms with E-state index >= 15 is 0 Å². The van der Waals surface area contributed by atoms with Crippen molar-refractivity contribution in [3.8, 4) is 5.75 Å². The zero-order chi connectivity index (χ0) is 26.4. The molecule has 0 amide bonds. The van der Waals surface area contributed by atoms with Crippen molar-refractivity contribution in [1.82, 2.24) is 0 Å². The molecule has 3 fully saturated rings. The second-order valence-corrected chi connectivity index (χ2v) is 12.0. The van der Waals surface area contributed by atoms with E-state index in [1.54, 1.807) is 0 Å². The molecule has 4 rings (SSSR count). The van der Waals surface area contributed by atoms with Crippen LogP contribution in [0, 0.1) is 47.1 Å². The minimum absolute atomic E-state index is 0.0309. The Bertz CT molecular complexity index is 847. The number of ether oxygens (including phenoxy) is 1. The molecule has 0 aliphatic heterocycles. The molecule has 0 spiro atoms. The van der Waals surface area contributed by atoms with Gasteiger partial charge in [-0.05, 0) is 106 Å². The van der Waals surface area contributed by atoms with E-state index in [1.807, 2.05) is 0 Å². The maximum absolute atomic E-state index is 14.2. The molecule has 0 radical (unpaired) electrons. The standard InChI is InChI=1S/C31H43F5O/c1-2-3-21-4-8-23(9-5-21)25-12-14-26(15-13-25)24-10-6-22(7-11-24)20-37-27-18-29(32)28(30(33)19-27)16-17-31(34,35)36/h16-19,21-26H,2-15,20H2,1H3/b17-16+. The number of halogens is 5. The lowest BCUT2D eigenvalue weighted by molar-refractivity contribution is -0.0790. The fourth-order valence-electron chi connectivity index (χ4n) is 7.47. The van der Waals surface area contributed by atoms with Crippen LogP contribution in [0.5, 0.6) is 5.75 Å². The summed E-state index contributed by atoms with van der Waals surface area (Å²) in [5.74, 6) is 2.79. The van der Waals surface area contributed by atoms with Gasteiger partial charge in [0.05, 0.1) is 6.61 Å². The summed E-state index contributed by atoms with van der Waals surface area (Å²) in [4.78, 5) is 0. The number of benzene rings is 1. The van der Waals surface area contributed by atoms with Crippen LogP contribution in [-0.2, 0) is 0 Å². The Labute approximate surface area is 219 Å². The molecular weight excluding hydrogens is 483 g/mol. The maximum Gasteiger partial charge on any atom is 0.409 e. The predicted octanol–water partition coefficient (Wildman–Crippen LogP) is 10.1. The van der Waals surface area contributed by atoms with Gasteiger partial charge >= 0.3 is 6.18 Å². The molecule has 6 heteroatoms. The van der Waals surface area contributed by atoms with Gasteiger partial charge in [-0.1, -0.05) is 32.6 Å². The van der Waals surface area contributed by atoms with Gasteiger partial charge in [-0.25, -0.2) is 8.78 Å². The van der Waals surface area contributed by atoms with Crippen LogP contribution in [0.15, 0.2) is 18.2 Å². The molecule has 0 saturated heterocycles. The summed E-state index contributed by atoms with van der Waals surface area (Å²) >= 11 is 0. The summed E-state index contributed by atoms with van der Waals surface area (Å²) in [7, 11) is 0. The summed E-state index contributed by atoms with van der Waals surface area (Å²) in [6.07, 6.45) is 14.2. The number of alkyl halides is 3. The van der Waals surface area contributed by atoms with Gasteiger partial charge in [0.15, 0.2) is 0 Å². The van der Waals surface area contributed by atoms with Crippen LogP contribution in [-0.4, -0.2) is 12.8 Å². The van der Waals surface area contributed by atoms with Crippen LogP contribution in [0.3, 0.4) is 0 Å². The molecule has 3 aliphatic carbocycles. The second-order valence-electron chi connectivity index (χ2n) is 12.0. The van der Waals surface area contributed by atoms with Gasteiger partial charge in [0, 0.05) is 23.8 Å². The third-order valence-corrected chi connectivity index (χ3v) is 9.61. The molecular formula is C31H43F5O. The van der Waals surface area contributed by atoms with E-state index in [1.165, 1.54) is 77.0 Å². The zero-order valence-electron chi connectivity index (χ0n) is 22.2. The first-order valence-electron chi connectivity index (χ1n) is 14.6. The first-order chi connectivity index (χ1) is 17.7. The highest BCUT2D eigenvalue weighted by atomic mass is 19.4. The van der Waals surface area contributed by atoms with Crippen LogP contribution < -0.4 is 4.74 Å². The van der Waals surface area contributed by atoms with E-state index in [-0.39, 0.29) is 11.8 Å². The van der Waals surface area contributed by atoms with E-state index < -0.39 is 23.4 Å². The normalized spacial score (nSPS) is 31.5. The third-order valence-electron chi connectivity index (χ3n) is 9.61. The fraction of sp³-hybridized carbons (Fsp3) is 0.742. The summed E-state index contributed by atoms with van der Waals surface area (Å²) in [6, 6.07) is 1.94. The van der Waals surface area contributed by atoms with Crippen molar-refractivity contribution in [3.63, 3.8) is 0 Å². The van der Waals surface area contributed by atoms with Gasteiger partial charge in [-0.3, -0.25) is 0 Å². The van der Waals surface area contributed by atoms with Crippen molar-refractivity contribution >= 4 is 6.08 Å². The lowest BCUT2D eigenvalue weighted by Crippen LogP contribution is -2.30. The Balaban J connectivity index is 1.17. The Morgan fingerprint density at radius 1 is 0.730 bits per heavy atom. The van der Waals surface area contributed by atoms with E-state index in [2.05, 4.69) is 6.92 Å². The van der Waals surface area contributed by atoms with Crippen molar-refractivity contribution in [1.29, 1.82) is 0 Å². The SMILES string of the molecule is CCCC1CCC(C2CCC(C3CCC(COc4cc(F)c(/C=C/C(F)(F)F)c(F)c4)CC3)CC2)CC1. The molecule has 1 aromatic rings. The number of rotatable bonds is 8. The monoisotopic (exact) mass is 526 g/mol. The van der Waals surface area contributed by atoms with Crippen LogP contribution >= 0.6 is 0 Å². The van der Waals surface area contributed by atoms with E-state index in [0.717, 1.165) is 54.6 Å². The van der Waals surface area contributed by atoms with E-state index in [0.29, 0.717) is 18.6 Å². The Morgan fingerprint density at radius 2 is 1.16 bits per heavy atom. The van der Waals surface area contributed by atoms with Gasteiger partial charge in [0.2, 0.25) is 0 Å². The highest BCUT2D eigenvalue weighted by molar-refractivity contribution is 5.53. The molecule has 0 atom stereocenters. The molecule has 0 N–H and O–H groups in total. The molecule has 0 heterocycles. The van der Waals surface area contributed by atoms with Crippen LogP contribution in [0.2, 0.25) is 0 Å². The summed E-state index contributed by atoms with van der Waals surface area (Å²) in [6.45, 7) is 2.69. The summed E-state index contributed by atoms with van der Waals surface area (Å²) < 4.78 is 71.0. The van der Waals surface area contributed by atoms with Crippen LogP contribution in [0.1, 0.15) is 102 Å². The Kier molecular flexibility index (Phi) is 9.97. The maximum atomic E-state index is 14.2. The smallest absolute Gasteiger partial charge is 0.409 e. The molecule has 0 bridgehead atoms. The molecule has 0 aromatic heterocycles. The third kappa shape index (κ3) is 8.20. The van der Waals surface area contributed by atoms with Crippen LogP contribution in [0.4, 0.5) is 22.0 Å². The lowest BCUT2D eigenvalue weighted by atomic mass is 9.65. The largest absolute Gasteiger partial charge is 0.493 e. The Hall–Kier alpha value is -1.59. The summed E-state index contributed by atoms with van der Waals surface area (Å²) in [5.41, 5.74) is -0.705. The van der Waals surface area contributed by atoms with Gasteiger partial charge in [0.1, 0.15) is 17.4 Å². The summed E-state index contributed by atoms with van der Waals surface area (Å²) in [5, 5.41) is 0. The van der Waals surface area contributed by atoms with Crippen molar-refractivity contribution in [2.24, 2.45) is 35.5 Å². The molecule has 208 valence electrons. The minimum Gasteiger partial charge on any atom is -0.493 e. The van der Waals surface area contributed by atoms with E-state index in [9.17, 15) is 22.0 Å².